The van der Waals surface area contributed by atoms with E-state index in [-0.39, 0.29) is 25.0 Å². The molecular formula is C14H29O14P3. The highest BCUT2D eigenvalue weighted by Gasteiger charge is 2.43. The quantitative estimate of drug-likeness (QED) is 0.320. The summed E-state index contributed by atoms with van der Waals surface area (Å²) in [6, 6.07) is 0. The number of hydrogen-bond donors (Lipinski definition) is 3. The summed E-state index contributed by atoms with van der Waals surface area (Å²) in [5, 5.41) is 0. The Kier molecular flexibility index (Phi) is 9.86. The smallest absolute Gasteiger partial charge is 0.370 e. The molecule has 2 heterocycles. The molecule has 2 aliphatic heterocycles. The largest absolute Gasteiger partial charge is 0.472 e. The molecule has 184 valence electrons. The molecule has 0 spiro atoms. The first-order valence-corrected chi connectivity index (χ1v) is 13.8. The van der Waals surface area contributed by atoms with Gasteiger partial charge in [0.25, 0.3) is 0 Å². The van der Waals surface area contributed by atoms with Crippen molar-refractivity contribution in [2.45, 2.75) is 63.3 Å². The van der Waals surface area contributed by atoms with Gasteiger partial charge in [0.2, 0.25) is 0 Å². The average molecular weight is 514 g/mol. The Morgan fingerprint density at radius 2 is 1.13 bits per heavy atom. The van der Waals surface area contributed by atoms with Crippen LogP contribution >= 0.6 is 23.5 Å². The molecule has 0 aromatic rings. The fourth-order valence-electron chi connectivity index (χ4n) is 3.16. The Balaban J connectivity index is 1.93. The van der Waals surface area contributed by atoms with Crippen molar-refractivity contribution in [3.63, 3.8) is 0 Å². The van der Waals surface area contributed by atoms with Gasteiger partial charge in [-0.25, -0.2) is 13.7 Å². The Hall–Kier alpha value is 0.250. The molecule has 2 fully saturated rings. The maximum Gasteiger partial charge on any atom is 0.472 e. The van der Waals surface area contributed by atoms with Crippen molar-refractivity contribution < 1.29 is 65.0 Å². The molecule has 0 radical (unpaired) electrons. The van der Waals surface area contributed by atoms with E-state index in [0.29, 0.717) is 0 Å². The first-order chi connectivity index (χ1) is 14.3. The second kappa shape index (κ2) is 11.1. The van der Waals surface area contributed by atoms with Crippen molar-refractivity contribution in [1.82, 2.24) is 0 Å². The summed E-state index contributed by atoms with van der Waals surface area (Å²) >= 11 is 0. The summed E-state index contributed by atoms with van der Waals surface area (Å²) in [6.07, 6.45) is -4.00. The molecular weight excluding hydrogens is 485 g/mol. The highest BCUT2D eigenvalue weighted by Crippen LogP contribution is 2.50. The van der Waals surface area contributed by atoms with Crippen molar-refractivity contribution in [1.29, 1.82) is 0 Å². The SMILES string of the molecule is COP(=O)(O)OC[C@H]1O[C@@H](C)C[C@@H]1OP(=O)(O)OC[C@H]1O[C@@H](C)C[C@@H]1OP(=O)(O)OC. The van der Waals surface area contributed by atoms with Gasteiger partial charge in [-0.1, -0.05) is 0 Å². The molecule has 2 rings (SSSR count). The van der Waals surface area contributed by atoms with Crippen LogP contribution < -0.4 is 0 Å². The van der Waals surface area contributed by atoms with Crippen LogP contribution in [0.1, 0.15) is 26.7 Å². The highest BCUT2D eigenvalue weighted by molar-refractivity contribution is 7.47. The van der Waals surface area contributed by atoms with Crippen LogP contribution in [0.4, 0.5) is 0 Å². The van der Waals surface area contributed by atoms with Gasteiger partial charge in [0.1, 0.15) is 24.4 Å². The zero-order chi connectivity index (χ0) is 23.4. The lowest BCUT2D eigenvalue weighted by atomic mass is 10.1. The van der Waals surface area contributed by atoms with Gasteiger partial charge < -0.3 is 24.2 Å². The number of phosphoric ester groups is 3. The van der Waals surface area contributed by atoms with E-state index in [1.54, 1.807) is 13.8 Å². The predicted molar refractivity (Wildman–Crippen MR) is 103 cm³/mol. The molecule has 0 amide bonds. The number of rotatable bonds is 12. The second-order valence-electron chi connectivity index (χ2n) is 7.09. The molecule has 0 bridgehead atoms. The van der Waals surface area contributed by atoms with E-state index in [1.165, 1.54) is 0 Å². The van der Waals surface area contributed by atoms with Crippen LogP contribution in [0, 0.1) is 0 Å². The monoisotopic (exact) mass is 514 g/mol. The summed E-state index contributed by atoms with van der Waals surface area (Å²) in [7, 11) is -11.2. The van der Waals surface area contributed by atoms with Gasteiger partial charge in [-0.2, -0.15) is 0 Å². The van der Waals surface area contributed by atoms with Crippen LogP contribution in [0.2, 0.25) is 0 Å². The first-order valence-electron chi connectivity index (χ1n) is 9.32. The summed E-state index contributed by atoms with van der Waals surface area (Å²) in [5.41, 5.74) is 0. The zero-order valence-corrected chi connectivity index (χ0v) is 20.1. The van der Waals surface area contributed by atoms with Crippen molar-refractivity contribution in [2.75, 3.05) is 27.4 Å². The van der Waals surface area contributed by atoms with E-state index in [9.17, 15) is 28.4 Å². The molecule has 0 saturated carbocycles. The van der Waals surface area contributed by atoms with Gasteiger partial charge in [-0.15, -0.1) is 0 Å². The number of hydrogen-bond acceptors (Lipinski definition) is 11. The molecule has 0 aromatic heterocycles. The van der Waals surface area contributed by atoms with Crippen molar-refractivity contribution in [2.24, 2.45) is 0 Å². The second-order valence-corrected chi connectivity index (χ2v) is 11.6. The Labute approximate surface area is 179 Å². The predicted octanol–water partition coefficient (Wildman–Crippen LogP) is 1.74. The van der Waals surface area contributed by atoms with E-state index >= 15 is 0 Å². The van der Waals surface area contributed by atoms with E-state index in [1.807, 2.05) is 0 Å². The van der Waals surface area contributed by atoms with E-state index in [2.05, 4.69) is 9.05 Å². The molecule has 31 heavy (non-hydrogen) atoms. The van der Waals surface area contributed by atoms with Crippen LogP contribution in [-0.2, 0) is 50.3 Å². The summed E-state index contributed by atoms with van der Waals surface area (Å²) in [5.74, 6) is 0. The molecule has 9 atom stereocenters. The first kappa shape index (κ1) is 27.5. The van der Waals surface area contributed by atoms with Gasteiger partial charge in [0.15, 0.2) is 0 Å². The van der Waals surface area contributed by atoms with E-state index in [0.717, 1.165) is 14.2 Å². The van der Waals surface area contributed by atoms with Crippen molar-refractivity contribution >= 4 is 23.5 Å². The maximum absolute atomic E-state index is 12.4. The van der Waals surface area contributed by atoms with Crippen molar-refractivity contribution in [3.05, 3.63) is 0 Å². The third-order valence-corrected chi connectivity index (χ3v) is 7.52. The van der Waals surface area contributed by atoms with E-state index in [4.69, 9.17) is 27.6 Å². The molecule has 14 nitrogen and oxygen atoms in total. The van der Waals surface area contributed by atoms with Gasteiger partial charge in [-0.05, 0) is 13.8 Å². The fourth-order valence-corrected chi connectivity index (χ4v) is 5.21. The van der Waals surface area contributed by atoms with Gasteiger partial charge in [-0.3, -0.25) is 27.1 Å². The van der Waals surface area contributed by atoms with Crippen LogP contribution in [0.15, 0.2) is 0 Å². The summed E-state index contributed by atoms with van der Waals surface area (Å²) < 4.78 is 75.2. The number of phosphoric acid groups is 3. The molecule has 2 aliphatic rings. The van der Waals surface area contributed by atoms with E-state index < -0.39 is 61.1 Å². The topological polar surface area (TPSA) is 186 Å². The molecule has 3 unspecified atom stereocenters. The highest BCUT2D eigenvalue weighted by atomic mass is 31.2. The molecule has 17 heteroatoms. The molecule has 0 aliphatic carbocycles. The van der Waals surface area contributed by atoms with Crippen LogP contribution in [0.5, 0.6) is 0 Å². The van der Waals surface area contributed by atoms with Gasteiger partial charge in [0.05, 0.1) is 25.4 Å². The standard InChI is InChI=1S/C14H29O14P3/c1-9-5-11(27-30(17,18)22-4)14(26-9)8-24-31(19,20)28-12-6-10(2)25-13(12)7-23-29(15,16)21-3/h9-14H,5-8H2,1-4H3,(H,15,16)(H,17,18)(H,19,20)/t9-,10-,11-,12-,13+,14+/m0/s1. The average Bonchev–Trinajstić information content (AvgIpc) is 3.18. The summed E-state index contributed by atoms with van der Waals surface area (Å²) in [4.78, 5) is 28.9. The zero-order valence-electron chi connectivity index (χ0n) is 17.5. The van der Waals surface area contributed by atoms with Crippen molar-refractivity contribution in [3.8, 4) is 0 Å². The lowest BCUT2D eigenvalue weighted by Gasteiger charge is -2.24. The van der Waals surface area contributed by atoms with Gasteiger partial charge >= 0.3 is 23.5 Å². The fraction of sp³-hybridized carbons (Fsp3) is 1.00. The molecule has 3 N–H and O–H groups in total. The Bertz CT molecular complexity index is 733. The third kappa shape index (κ3) is 8.84. The molecule has 0 aromatic carbocycles. The minimum Gasteiger partial charge on any atom is -0.370 e. The minimum atomic E-state index is -4.63. The number of ether oxygens (including phenoxy) is 2. The third-order valence-electron chi connectivity index (χ3n) is 4.57. The maximum atomic E-state index is 12.4. The van der Waals surface area contributed by atoms with Gasteiger partial charge in [0, 0.05) is 27.1 Å². The minimum absolute atomic E-state index is 0.203. The molecule has 2 saturated heterocycles. The lowest BCUT2D eigenvalue weighted by Crippen LogP contribution is -2.30. The Morgan fingerprint density at radius 1 is 0.742 bits per heavy atom. The van der Waals surface area contributed by atoms with Crippen LogP contribution in [-0.4, -0.2) is 78.7 Å². The normalized spacial score (nSPS) is 37.3. The van der Waals surface area contributed by atoms with Crippen LogP contribution in [0.3, 0.4) is 0 Å². The lowest BCUT2D eigenvalue weighted by molar-refractivity contribution is -0.0348. The van der Waals surface area contributed by atoms with Crippen LogP contribution in [0.25, 0.3) is 0 Å². The summed E-state index contributed by atoms with van der Waals surface area (Å²) in [6.45, 7) is 2.50. The Morgan fingerprint density at radius 3 is 1.55 bits per heavy atom.